The molecule has 3 N–H and O–H groups in total. The first kappa shape index (κ1) is 21.0. The summed E-state index contributed by atoms with van der Waals surface area (Å²) in [5.74, 6) is 0.630. The topological polar surface area (TPSA) is 55.5 Å². The molecule has 144 valence electrons. The fourth-order valence-electron chi connectivity index (χ4n) is 3.42. The minimum Gasteiger partial charge on any atom is -0.361 e. The zero-order valence-corrected chi connectivity index (χ0v) is 17.7. The van der Waals surface area contributed by atoms with Crippen LogP contribution in [0.4, 0.5) is 4.39 Å². The van der Waals surface area contributed by atoms with E-state index in [1.165, 1.54) is 43.6 Å². The fraction of sp³-hybridized carbons (Fsp3) is 0.526. The Morgan fingerprint density at radius 3 is 2.77 bits per heavy atom. The summed E-state index contributed by atoms with van der Waals surface area (Å²) < 4.78 is 13.2. The van der Waals surface area contributed by atoms with Crippen LogP contribution in [0.1, 0.15) is 24.8 Å². The second kappa shape index (κ2) is 10.7. The molecule has 0 spiro atoms. The smallest absolute Gasteiger partial charge is 0.190 e. The Kier molecular flexibility index (Phi) is 8.64. The Morgan fingerprint density at radius 2 is 2.00 bits per heavy atom. The summed E-state index contributed by atoms with van der Waals surface area (Å²) in [5, 5.41) is 7.80. The van der Waals surface area contributed by atoms with E-state index in [2.05, 4.69) is 25.5 Å². The van der Waals surface area contributed by atoms with Crippen molar-refractivity contribution < 1.29 is 4.39 Å². The second-order valence-electron chi connectivity index (χ2n) is 6.58. The number of hydrogen-bond donors (Lipinski definition) is 3. The van der Waals surface area contributed by atoms with Crippen LogP contribution in [-0.4, -0.2) is 55.6 Å². The maximum absolute atomic E-state index is 13.2. The van der Waals surface area contributed by atoms with Gasteiger partial charge in [-0.05, 0) is 69.1 Å². The number of aromatic nitrogens is 1. The number of hydrogen-bond acceptors (Lipinski definition) is 2. The Balaban J connectivity index is 0.00000243. The Hall–Kier alpha value is -1.35. The highest BCUT2D eigenvalue weighted by Gasteiger charge is 2.10. The van der Waals surface area contributed by atoms with Crippen LogP contribution in [0.2, 0.25) is 0 Å². The summed E-state index contributed by atoms with van der Waals surface area (Å²) in [7, 11) is 1.80. The van der Waals surface area contributed by atoms with E-state index in [-0.39, 0.29) is 29.8 Å². The highest BCUT2D eigenvalue weighted by molar-refractivity contribution is 14.0. The Bertz CT molecular complexity index is 709. The molecule has 1 aromatic heterocycles. The summed E-state index contributed by atoms with van der Waals surface area (Å²) >= 11 is 0. The molecule has 1 aliphatic rings. The van der Waals surface area contributed by atoms with E-state index in [1.54, 1.807) is 7.05 Å². The van der Waals surface area contributed by atoms with Crippen LogP contribution in [0.15, 0.2) is 29.4 Å². The lowest BCUT2D eigenvalue weighted by Gasteiger charge is -2.15. The number of nitrogens with zero attached hydrogens (tertiary/aromatic N) is 2. The Labute approximate surface area is 171 Å². The molecular formula is C19H29FIN5. The average Bonchev–Trinajstić information content (AvgIpc) is 3.26. The fourth-order valence-corrected chi connectivity index (χ4v) is 3.42. The molecule has 1 aliphatic heterocycles. The molecule has 2 heterocycles. The van der Waals surface area contributed by atoms with Crippen LogP contribution in [0.3, 0.4) is 0 Å². The molecule has 0 saturated carbocycles. The van der Waals surface area contributed by atoms with Crippen LogP contribution in [0.25, 0.3) is 10.9 Å². The van der Waals surface area contributed by atoms with Gasteiger partial charge in [-0.15, -0.1) is 24.0 Å². The maximum atomic E-state index is 13.2. The van der Waals surface area contributed by atoms with Gasteiger partial charge in [-0.25, -0.2) is 4.39 Å². The van der Waals surface area contributed by atoms with Gasteiger partial charge in [0.2, 0.25) is 0 Å². The molecule has 2 aromatic rings. The maximum Gasteiger partial charge on any atom is 0.190 e. The zero-order valence-electron chi connectivity index (χ0n) is 15.4. The summed E-state index contributed by atoms with van der Waals surface area (Å²) in [6.07, 6.45) is 6.64. The summed E-state index contributed by atoms with van der Waals surface area (Å²) in [4.78, 5) is 9.93. The molecule has 0 radical (unpaired) electrons. The lowest BCUT2D eigenvalue weighted by molar-refractivity contribution is 0.334. The van der Waals surface area contributed by atoms with Gasteiger partial charge in [0.1, 0.15) is 5.82 Å². The molecule has 7 heteroatoms. The van der Waals surface area contributed by atoms with Gasteiger partial charge in [0.15, 0.2) is 5.96 Å². The van der Waals surface area contributed by atoms with Crippen molar-refractivity contribution in [2.75, 3.05) is 39.8 Å². The highest BCUT2D eigenvalue weighted by atomic mass is 127. The molecule has 0 aliphatic carbocycles. The van der Waals surface area contributed by atoms with Gasteiger partial charge in [-0.3, -0.25) is 4.99 Å². The first-order valence-corrected chi connectivity index (χ1v) is 9.18. The molecule has 0 unspecified atom stereocenters. The Morgan fingerprint density at radius 1 is 1.23 bits per heavy atom. The van der Waals surface area contributed by atoms with Crippen LogP contribution in [-0.2, 0) is 6.42 Å². The number of likely N-dealkylation sites (tertiary alicyclic amines) is 1. The molecule has 0 atom stereocenters. The van der Waals surface area contributed by atoms with Crippen LogP contribution >= 0.6 is 24.0 Å². The number of guanidine groups is 1. The number of aliphatic imine (C=N–C) groups is 1. The molecule has 1 saturated heterocycles. The lowest BCUT2D eigenvalue weighted by Crippen LogP contribution is -2.39. The third kappa shape index (κ3) is 5.84. The third-order valence-electron chi connectivity index (χ3n) is 4.78. The van der Waals surface area contributed by atoms with Crippen molar-refractivity contribution >= 4 is 40.8 Å². The van der Waals surface area contributed by atoms with E-state index in [9.17, 15) is 4.39 Å². The average molecular weight is 473 g/mol. The first-order valence-electron chi connectivity index (χ1n) is 9.18. The predicted octanol–water partition coefficient (Wildman–Crippen LogP) is 3.12. The van der Waals surface area contributed by atoms with E-state index in [4.69, 9.17) is 0 Å². The van der Waals surface area contributed by atoms with Gasteiger partial charge in [-0.2, -0.15) is 0 Å². The molecule has 26 heavy (non-hydrogen) atoms. The predicted molar refractivity (Wildman–Crippen MR) is 117 cm³/mol. The summed E-state index contributed by atoms with van der Waals surface area (Å²) in [5.41, 5.74) is 2.03. The van der Waals surface area contributed by atoms with Crippen molar-refractivity contribution in [3.63, 3.8) is 0 Å². The van der Waals surface area contributed by atoms with E-state index in [0.717, 1.165) is 49.3 Å². The standard InChI is InChI=1S/C19H28FN5.HI/c1-21-19(22-8-4-12-25-10-2-3-11-25)23-9-7-15-14-24-18-13-16(20)5-6-17(15)18;/h5-6,13-14,24H,2-4,7-12H2,1H3,(H2,21,22,23);1H. The van der Waals surface area contributed by atoms with E-state index >= 15 is 0 Å². The van der Waals surface area contributed by atoms with E-state index in [1.807, 2.05) is 12.3 Å². The van der Waals surface area contributed by atoms with Crippen LogP contribution < -0.4 is 10.6 Å². The zero-order chi connectivity index (χ0) is 17.5. The van der Waals surface area contributed by atoms with Gasteiger partial charge in [-0.1, -0.05) is 0 Å². The number of benzene rings is 1. The number of aromatic amines is 1. The summed E-state index contributed by atoms with van der Waals surface area (Å²) in [6.45, 7) is 5.39. The van der Waals surface area contributed by atoms with Crippen LogP contribution in [0.5, 0.6) is 0 Å². The number of halogens is 2. The second-order valence-corrected chi connectivity index (χ2v) is 6.58. The highest BCUT2D eigenvalue weighted by Crippen LogP contribution is 2.19. The van der Waals surface area contributed by atoms with Gasteiger partial charge in [0.05, 0.1) is 0 Å². The monoisotopic (exact) mass is 473 g/mol. The largest absolute Gasteiger partial charge is 0.361 e. The van der Waals surface area contributed by atoms with Crippen molar-refractivity contribution in [1.82, 2.24) is 20.5 Å². The van der Waals surface area contributed by atoms with Crippen molar-refractivity contribution in [3.05, 3.63) is 35.8 Å². The molecule has 0 bridgehead atoms. The molecule has 5 nitrogen and oxygen atoms in total. The van der Waals surface area contributed by atoms with Gasteiger partial charge in [0.25, 0.3) is 0 Å². The van der Waals surface area contributed by atoms with Crippen molar-refractivity contribution in [2.24, 2.45) is 4.99 Å². The number of nitrogens with one attached hydrogen (secondary N) is 3. The van der Waals surface area contributed by atoms with Crippen molar-refractivity contribution in [3.8, 4) is 0 Å². The van der Waals surface area contributed by atoms with Gasteiger partial charge in [0, 0.05) is 37.2 Å². The molecule has 1 aromatic carbocycles. The SMILES string of the molecule is CN=C(NCCCN1CCCC1)NCCc1c[nH]c2cc(F)ccc12.I. The number of H-pyrrole nitrogens is 1. The molecule has 0 amide bonds. The molecule has 1 fully saturated rings. The molecular weight excluding hydrogens is 444 g/mol. The minimum absolute atomic E-state index is 0. The van der Waals surface area contributed by atoms with Crippen LogP contribution in [0, 0.1) is 5.82 Å². The normalized spacial score (nSPS) is 15.2. The number of rotatable bonds is 7. The number of fused-ring (bicyclic) bond motifs is 1. The molecule has 3 rings (SSSR count). The van der Waals surface area contributed by atoms with Gasteiger partial charge >= 0.3 is 0 Å². The lowest BCUT2D eigenvalue weighted by atomic mass is 10.1. The first-order chi connectivity index (χ1) is 12.3. The third-order valence-corrected chi connectivity index (χ3v) is 4.78. The van der Waals surface area contributed by atoms with E-state index < -0.39 is 0 Å². The van der Waals surface area contributed by atoms with E-state index in [0.29, 0.717) is 0 Å². The van der Waals surface area contributed by atoms with Crippen molar-refractivity contribution in [1.29, 1.82) is 0 Å². The van der Waals surface area contributed by atoms with Crippen molar-refractivity contribution in [2.45, 2.75) is 25.7 Å². The quantitative estimate of drug-likeness (QED) is 0.251. The van der Waals surface area contributed by atoms with Gasteiger partial charge < -0.3 is 20.5 Å². The minimum atomic E-state index is -0.211. The summed E-state index contributed by atoms with van der Waals surface area (Å²) in [6, 6.07) is 4.88.